The van der Waals surface area contributed by atoms with E-state index in [1.54, 1.807) is 30.5 Å². The van der Waals surface area contributed by atoms with Crippen LogP contribution in [-0.2, 0) is 11.2 Å². The van der Waals surface area contributed by atoms with Crippen molar-refractivity contribution in [2.75, 3.05) is 11.1 Å². The molecule has 0 saturated heterocycles. The van der Waals surface area contributed by atoms with E-state index in [0.717, 1.165) is 0 Å². The van der Waals surface area contributed by atoms with Crippen LogP contribution < -0.4 is 16.8 Å². The average Bonchev–Trinajstić information content (AvgIpc) is 2.77. The Balaban J connectivity index is 2.12. The van der Waals surface area contributed by atoms with E-state index in [2.05, 4.69) is 10.3 Å². The number of benzene rings is 1. The molecule has 0 bridgehead atoms. The molecule has 0 unspecified atom stereocenters. The summed E-state index contributed by atoms with van der Waals surface area (Å²) in [6, 6.07) is 5.01. The summed E-state index contributed by atoms with van der Waals surface area (Å²) in [5.41, 5.74) is 13.0. The average molecular weight is 290 g/mol. The molecule has 0 radical (unpaired) electrons. The van der Waals surface area contributed by atoms with Crippen molar-refractivity contribution < 1.29 is 9.59 Å². The number of nitrogens with zero attached hydrogens (tertiary/aromatic N) is 1. The molecular formula is C13H14N4O2S. The number of rotatable bonds is 4. The fraction of sp³-hybridized carbons (Fsp3) is 0.154. The summed E-state index contributed by atoms with van der Waals surface area (Å²) >= 11 is 1.29. The van der Waals surface area contributed by atoms with Gasteiger partial charge in [-0.05, 0) is 24.6 Å². The monoisotopic (exact) mass is 290 g/mol. The van der Waals surface area contributed by atoms with Crippen molar-refractivity contribution in [1.82, 2.24) is 4.98 Å². The van der Waals surface area contributed by atoms with Crippen molar-refractivity contribution in [1.29, 1.82) is 0 Å². The van der Waals surface area contributed by atoms with Crippen LogP contribution in [0.2, 0.25) is 0 Å². The van der Waals surface area contributed by atoms with Gasteiger partial charge in [-0.3, -0.25) is 9.59 Å². The molecule has 2 amide bonds. The number of nitrogens with one attached hydrogen (secondary N) is 1. The summed E-state index contributed by atoms with van der Waals surface area (Å²) in [6.45, 7) is 1.73. The molecule has 0 saturated carbocycles. The van der Waals surface area contributed by atoms with Gasteiger partial charge in [0, 0.05) is 16.6 Å². The lowest BCUT2D eigenvalue weighted by Crippen LogP contribution is -2.18. The zero-order valence-corrected chi connectivity index (χ0v) is 11.7. The highest BCUT2D eigenvalue weighted by Gasteiger charge is 2.12. The van der Waals surface area contributed by atoms with E-state index in [1.807, 2.05) is 0 Å². The number of nitrogens with two attached hydrogens (primary N) is 2. The third-order valence-corrected chi connectivity index (χ3v) is 3.51. The summed E-state index contributed by atoms with van der Waals surface area (Å²) in [5, 5.41) is 4.91. The van der Waals surface area contributed by atoms with E-state index in [1.165, 1.54) is 11.3 Å². The van der Waals surface area contributed by atoms with Crippen LogP contribution in [-0.4, -0.2) is 16.8 Å². The first-order chi connectivity index (χ1) is 9.47. The Kier molecular flexibility index (Phi) is 3.99. The maximum Gasteiger partial charge on any atom is 0.249 e. The van der Waals surface area contributed by atoms with E-state index in [-0.39, 0.29) is 12.3 Å². The third kappa shape index (κ3) is 3.12. The van der Waals surface area contributed by atoms with Crippen LogP contribution >= 0.6 is 11.3 Å². The Morgan fingerprint density at radius 2 is 2.15 bits per heavy atom. The smallest absolute Gasteiger partial charge is 0.249 e. The number of hydrogen-bond donors (Lipinski definition) is 3. The number of carbonyl (C=O) groups excluding carboxylic acids is 2. The van der Waals surface area contributed by atoms with Crippen LogP contribution in [0, 0.1) is 6.92 Å². The van der Waals surface area contributed by atoms with Crippen molar-refractivity contribution in [2.24, 2.45) is 5.73 Å². The van der Waals surface area contributed by atoms with Crippen LogP contribution in [0.4, 0.5) is 10.8 Å². The highest BCUT2D eigenvalue weighted by molar-refractivity contribution is 7.13. The Hall–Kier alpha value is -2.41. The van der Waals surface area contributed by atoms with Gasteiger partial charge in [-0.15, -0.1) is 11.3 Å². The minimum atomic E-state index is -0.522. The molecule has 0 aliphatic heterocycles. The quantitative estimate of drug-likeness (QED) is 0.788. The molecule has 2 rings (SSSR count). The molecule has 7 heteroatoms. The second kappa shape index (κ2) is 5.70. The molecule has 0 atom stereocenters. The summed E-state index contributed by atoms with van der Waals surface area (Å²) < 4.78 is 0. The van der Waals surface area contributed by atoms with Gasteiger partial charge < -0.3 is 16.8 Å². The zero-order valence-electron chi connectivity index (χ0n) is 10.8. The lowest BCUT2D eigenvalue weighted by Gasteiger charge is -2.10. The first-order valence-electron chi connectivity index (χ1n) is 5.86. The molecule has 0 fully saturated rings. The zero-order chi connectivity index (χ0) is 14.7. The number of hydrogen-bond acceptors (Lipinski definition) is 5. The van der Waals surface area contributed by atoms with Gasteiger partial charge in [-0.2, -0.15) is 0 Å². The SMILES string of the molecule is Cc1c(NC(=O)Cc2csc(N)n2)cccc1C(N)=O. The van der Waals surface area contributed by atoms with Crippen molar-refractivity contribution in [2.45, 2.75) is 13.3 Å². The van der Waals surface area contributed by atoms with Gasteiger partial charge in [0.2, 0.25) is 11.8 Å². The Morgan fingerprint density at radius 1 is 1.40 bits per heavy atom. The lowest BCUT2D eigenvalue weighted by molar-refractivity contribution is -0.115. The minimum Gasteiger partial charge on any atom is -0.375 e. The summed E-state index contributed by atoms with van der Waals surface area (Å²) in [6.07, 6.45) is 0.133. The van der Waals surface area contributed by atoms with Gasteiger partial charge in [0.1, 0.15) is 0 Å². The molecule has 1 heterocycles. The maximum absolute atomic E-state index is 11.9. The number of aromatic nitrogens is 1. The predicted molar refractivity (Wildman–Crippen MR) is 78.6 cm³/mol. The Bertz CT molecular complexity index is 666. The van der Waals surface area contributed by atoms with Gasteiger partial charge in [0.25, 0.3) is 0 Å². The van der Waals surface area contributed by atoms with Crippen LogP contribution in [0.5, 0.6) is 0 Å². The fourth-order valence-electron chi connectivity index (χ4n) is 1.80. The number of carbonyl (C=O) groups is 2. The molecule has 0 spiro atoms. The summed E-state index contributed by atoms with van der Waals surface area (Å²) in [4.78, 5) is 27.2. The Labute approximate surface area is 119 Å². The molecule has 2 aromatic rings. The number of thiazole rings is 1. The second-order valence-electron chi connectivity index (χ2n) is 4.24. The molecule has 5 N–H and O–H groups in total. The number of amides is 2. The summed E-state index contributed by atoms with van der Waals surface area (Å²) in [5.74, 6) is -0.745. The van der Waals surface area contributed by atoms with Gasteiger partial charge >= 0.3 is 0 Å². The highest BCUT2D eigenvalue weighted by atomic mass is 32.1. The minimum absolute atomic E-state index is 0.133. The van der Waals surface area contributed by atoms with E-state index in [4.69, 9.17) is 11.5 Å². The van der Waals surface area contributed by atoms with Gasteiger partial charge in [0.15, 0.2) is 5.13 Å². The first kappa shape index (κ1) is 14.0. The van der Waals surface area contributed by atoms with Crippen molar-refractivity contribution in [3.63, 3.8) is 0 Å². The molecule has 104 valence electrons. The van der Waals surface area contributed by atoms with Crippen LogP contribution in [0.3, 0.4) is 0 Å². The van der Waals surface area contributed by atoms with Crippen LogP contribution in [0.15, 0.2) is 23.6 Å². The lowest BCUT2D eigenvalue weighted by atomic mass is 10.1. The van der Waals surface area contributed by atoms with Gasteiger partial charge in [0.05, 0.1) is 12.1 Å². The number of nitrogen functional groups attached to an aromatic ring is 1. The molecule has 1 aromatic heterocycles. The fourth-order valence-corrected chi connectivity index (χ4v) is 2.36. The standard InChI is InChI=1S/C13H14N4O2S/c1-7-9(12(14)19)3-2-4-10(7)17-11(18)5-8-6-20-13(15)16-8/h2-4,6H,5H2,1H3,(H2,14,19)(H2,15,16)(H,17,18). The maximum atomic E-state index is 11.9. The van der Waals surface area contributed by atoms with Crippen molar-refractivity contribution >= 4 is 34.0 Å². The Morgan fingerprint density at radius 3 is 2.75 bits per heavy atom. The molecule has 6 nitrogen and oxygen atoms in total. The predicted octanol–water partition coefficient (Wildman–Crippen LogP) is 1.31. The van der Waals surface area contributed by atoms with E-state index in [9.17, 15) is 9.59 Å². The van der Waals surface area contributed by atoms with E-state index < -0.39 is 5.91 Å². The second-order valence-corrected chi connectivity index (χ2v) is 5.13. The molecule has 0 aliphatic rings. The topological polar surface area (TPSA) is 111 Å². The number of anilines is 2. The van der Waals surface area contributed by atoms with Crippen molar-refractivity contribution in [3.8, 4) is 0 Å². The van der Waals surface area contributed by atoms with Crippen molar-refractivity contribution in [3.05, 3.63) is 40.4 Å². The van der Waals surface area contributed by atoms with Gasteiger partial charge in [-0.25, -0.2) is 4.98 Å². The van der Waals surface area contributed by atoms with Crippen LogP contribution in [0.1, 0.15) is 21.6 Å². The normalized spacial score (nSPS) is 10.2. The third-order valence-electron chi connectivity index (χ3n) is 2.78. The number of primary amides is 1. The van der Waals surface area contributed by atoms with Crippen LogP contribution in [0.25, 0.3) is 0 Å². The molecule has 0 aliphatic carbocycles. The first-order valence-corrected chi connectivity index (χ1v) is 6.74. The van der Waals surface area contributed by atoms with E-state index >= 15 is 0 Å². The molecular weight excluding hydrogens is 276 g/mol. The van der Waals surface area contributed by atoms with Gasteiger partial charge in [-0.1, -0.05) is 6.07 Å². The molecule has 1 aromatic carbocycles. The van der Waals surface area contributed by atoms with E-state index in [0.29, 0.717) is 27.6 Å². The molecule has 20 heavy (non-hydrogen) atoms. The largest absolute Gasteiger partial charge is 0.375 e. The highest BCUT2D eigenvalue weighted by Crippen LogP contribution is 2.19. The summed E-state index contributed by atoms with van der Waals surface area (Å²) in [7, 11) is 0.